The number of amides is 1. The SMILES string of the molecule is C=C(CCN(Cc1ccccc1)S(=O)(=O)c1ccc(F)cc1)C1=NC[C@](C)(C(=O)NC(C)C)N1. The molecule has 1 aliphatic rings. The highest BCUT2D eigenvalue weighted by atomic mass is 32.2. The summed E-state index contributed by atoms with van der Waals surface area (Å²) in [6.45, 7) is 10.2. The maximum atomic E-state index is 13.4. The monoisotopic (exact) mass is 486 g/mol. The predicted molar refractivity (Wildman–Crippen MR) is 131 cm³/mol. The molecule has 0 bridgehead atoms. The Balaban J connectivity index is 1.74. The number of carbonyl (C=O) groups excluding carboxylic acids is 1. The van der Waals surface area contributed by atoms with E-state index in [9.17, 15) is 17.6 Å². The van der Waals surface area contributed by atoms with Crippen LogP contribution in [-0.4, -0.2) is 49.1 Å². The summed E-state index contributed by atoms with van der Waals surface area (Å²) in [6, 6.07) is 14.0. The molecule has 2 N–H and O–H groups in total. The molecule has 0 saturated carbocycles. The minimum absolute atomic E-state index is 0.00147. The van der Waals surface area contributed by atoms with E-state index >= 15 is 0 Å². The lowest BCUT2D eigenvalue weighted by atomic mass is 10.0. The van der Waals surface area contributed by atoms with Crippen LogP contribution in [0, 0.1) is 5.82 Å². The molecule has 1 atom stereocenters. The van der Waals surface area contributed by atoms with E-state index in [0.29, 0.717) is 17.8 Å². The molecular formula is C25H31FN4O3S. The van der Waals surface area contributed by atoms with Gasteiger partial charge in [-0.15, -0.1) is 0 Å². The lowest BCUT2D eigenvalue weighted by Crippen LogP contribution is -2.56. The molecule has 0 aliphatic carbocycles. The molecule has 9 heteroatoms. The second-order valence-corrected chi connectivity index (χ2v) is 10.8. The molecule has 34 heavy (non-hydrogen) atoms. The molecule has 1 amide bonds. The molecule has 0 fully saturated rings. The van der Waals surface area contributed by atoms with Crippen molar-refractivity contribution in [1.29, 1.82) is 0 Å². The molecule has 2 aromatic carbocycles. The van der Waals surface area contributed by atoms with Crippen LogP contribution in [0.25, 0.3) is 0 Å². The van der Waals surface area contributed by atoms with E-state index in [0.717, 1.165) is 17.7 Å². The first kappa shape index (κ1) is 25.6. The fourth-order valence-electron chi connectivity index (χ4n) is 3.53. The lowest BCUT2D eigenvalue weighted by Gasteiger charge is -2.26. The zero-order chi connectivity index (χ0) is 24.9. The van der Waals surface area contributed by atoms with Crippen molar-refractivity contribution in [3.8, 4) is 0 Å². The maximum Gasteiger partial charge on any atom is 0.247 e. The van der Waals surface area contributed by atoms with E-state index in [-0.39, 0.29) is 36.5 Å². The first-order chi connectivity index (χ1) is 16.0. The van der Waals surface area contributed by atoms with E-state index in [1.54, 1.807) is 6.92 Å². The van der Waals surface area contributed by atoms with Crippen molar-refractivity contribution in [2.45, 2.75) is 50.2 Å². The van der Waals surface area contributed by atoms with Crippen LogP contribution in [0.15, 0.2) is 76.6 Å². The fraction of sp³-hybridized carbons (Fsp3) is 0.360. The van der Waals surface area contributed by atoms with Gasteiger partial charge in [0.1, 0.15) is 17.2 Å². The van der Waals surface area contributed by atoms with E-state index in [1.807, 2.05) is 44.2 Å². The first-order valence-electron chi connectivity index (χ1n) is 11.1. The summed E-state index contributed by atoms with van der Waals surface area (Å²) in [5, 5.41) is 6.04. The van der Waals surface area contributed by atoms with Crippen molar-refractivity contribution in [2.75, 3.05) is 13.1 Å². The Kier molecular flexibility index (Phi) is 7.89. The highest BCUT2D eigenvalue weighted by Crippen LogP contribution is 2.22. The van der Waals surface area contributed by atoms with Gasteiger partial charge in [0.15, 0.2) is 0 Å². The van der Waals surface area contributed by atoms with Gasteiger partial charge < -0.3 is 10.6 Å². The minimum Gasteiger partial charge on any atom is -0.355 e. The molecule has 3 rings (SSSR count). The third-order valence-electron chi connectivity index (χ3n) is 5.52. The molecule has 0 spiro atoms. The number of hydrogen-bond donors (Lipinski definition) is 2. The zero-order valence-electron chi connectivity index (χ0n) is 19.7. The van der Waals surface area contributed by atoms with Gasteiger partial charge in [-0.25, -0.2) is 12.8 Å². The molecule has 0 saturated heterocycles. The van der Waals surface area contributed by atoms with Crippen LogP contribution in [0.2, 0.25) is 0 Å². The number of rotatable bonds is 10. The third kappa shape index (κ3) is 6.09. The number of aliphatic imine (C=N–C) groups is 1. The summed E-state index contributed by atoms with van der Waals surface area (Å²) in [6.07, 6.45) is 0.307. The van der Waals surface area contributed by atoms with Crippen molar-refractivity contribution in [1.82, 2.24) is 14.9 Å². The Morgan fingerprint density at radius 3 is 2.47 bits per heavy atom. The average molecular weight is 487 g/mol. The summed E-state index contributed by atoms with van der Waals surface area (Å²) in [5.41, 5.74) is 0.549. The van der Waals surface area contributed by atoms with Crippen LogP contribution in [0.4, 0.5) is 4.39 Å². The molecule has 2 aromatic rings. The minimum atomic E-state index is -3.88. The second kappa shape index (κ2) is 10.5. The van der Waals surface area contributed by atoms with Gasteiger partial charge in [-0.1, -0.05) is 36.9 Å². The Hall–Kier alpha value is -3.04. The maximum absolute atomic E-state index is 13.4. The summed E-state index contributed by atoms with van der Waals surface area (Å²) < 4.78 is 41.4. The van der Waals surface area contributed by atoms with Crippen LogP contribution in [0.1, 0.15) is 32.8 Å². The van der Waals surface area contributed by atoms with E-state index < -0.39 is 21.4 Å². The third-order valence-corrected chi connectivity index (χ3v) is 7.38. The molecular weight excluding hydrogens is 455 g/mol. The summed E-state index contributed by atoms with van der Waals surface area (Å²) in [4.78, 5) is 17.0. The largest absolute Gasteiger partial charge is 0.355 e. The van der Waals surface area contributed by atoms with Gasteiger partial charge in [-0.3, -0.25) is 9.79 Å². The molecule has 0 radical (unpaired) electrons. The topological polar surface area (TPSA) is 90.9 Å². The molecule has 7 nitrogen and oxygen atoms in total. The second-order valence-electron chi connectivity index (χ2n) is 8.88. The molecule has 182 valence electrons. The van der Waals surface area contributed by atoms with Crippen molar-refractivity contribution in [3.63, 3.8) is 0 Å². The normalized spacial score (nSPS) is 18.0. The average Bonchev–Trinajstić information content (AvgIpc) is 3.20. The Morgan fingerprint density at radius 2 is 1.85 bits per heavy atom. The van der Waals surface area contributed by atoms with Crippen LogP contribution in [0.5, 0.6) is 0 Å². The summed E-state index contributed by atoms with van der Waals surface area (Å²) >= 11 is 0. The number of hydrogen-bond acceptors (Lipinski definition) is 5. The molecule has 0 unspecified atom stereocenters. The first-order valence-corrected chi connectivity index (χ1v) is 12.6. The molecule has 1 heterocycles. The van der Waals surface area contributed by atoms with Crippen LogP contribution in [0.3, 0.4) is 0 Å². The van der Waals surface area contributed by atoms with Crippen LogP contribution >= 0.6 is 0 Å². The van der Waals surface area contributed by atoms with Gasteiger partial charge in [0.25, 0.3) is 0 Å². The molecule has 1 aliphatic heterocycles. The van der Waals surface area contributed by atoms with Crippen LogP contribution < -0.4 is 10.6 Å². The van der Waals surface area contributed by atoms with E-state index in [4.69, 9.17) is 0 Å². The number of amidine groups is 1. The van der Waals surface area contributed by atoms with Crippen molar-refractivity contribution in [2.24, 2.45) is 4.99 Å². The Labute approximate surface area is 200 Å². The van der Waals surface area contributed by atoms with E-state index in [2.05, 4.69) is 22.2 Å². The Bertz CT molecular complexity index is 1160. The number of nitrogens with zero attached hydrogens (tertiary/aromatic N) is 2. The smallest absolute Gasteiger partial charge is 0.247 e. The van der Waals surface area contributed by atoms with Gasteiger partial charge in [-0.2, -0.15) is 4.31 Å². The highest BCUT2D eigenvalue weighted by Gasteiger charge is 2.38. The van der Waals surface area contributed by atoms with E-state index in [1.165, 1.54) is 16.4 Å². The van der Waals surface area contributed by atoms with Crippen molar-refractivity contribution >= 4 is 21.8 Å². The number of benzene rings is 2. The number of nitrogens with one attached hydrogen (secondary N) is 2. The lowest BCUT2D eigenvalue weighted by molar-refractivity contribution is -0.126. The summed E-state index contributed by atoms with van der Waals surface area (Å²) in [7, 11) is -3.88. The number of halogens is 1. The highest BCUT2D eigenvalue weighted by molar-refractivity contribution is 7.89. The number of carbonyl (C=O) groups is 1. The van der Waals surface area contributed by atoms with Crippen LogP contribution in [-0.2, 0) is 21.4 Å². The van der Waals surface area contributed by atoms with Crippen molar-refractivity contribution < 1.29 is 17.6 Å². The predicted octanol–water partition coefficient (Wildman–Crippen LogP) is 3.25. The zero-order valence-corrected chi connectivity index (χ0v) is 20.5. The standard InChI is InChI=1S/C25H31FN4O3S/c1-18(2)28-24(31)25(4)17-27-23(29-25)19(3)14-15-30(16-20-8-6-5-7-9-20)34(32,33)22-12-10-21(26)11-13-22/h5-13,18H,3,14-17H2,1-2,4H3,(H,27,29)(H,28,31)/t25-/m1/s1. The number of sulfonamides is 1. The van der Waals surface area contributed by atoms with Gasteiger partial charge in [0.2, 0.25) is 15.9 Å². The fourth-order valence-corrected chi connectivity index (χ4v) is 4.96. The Morgan fingerprint density at radius 1 is 1.21 bits per heavy atom. The van der Waals surface area contributed by atoms with Gasteiger partial charge in [-0.05, 0) is 62.6 Å². The van der Waals surface area contributed by atoms with Gasteiger partial charge >= 0.3 is 0 Å². The quantitative estimate of drug-likeness (QED) is 0.539. The van der Waals surface area contributed by atoms with Gasteiger partial charge in [0, 0.05) is 19.1 Å². The molecule has 0 aromatic heterocycles. The summed E-state index contributed by atoms with van der Waals surface area (Å²) in [5.74, 6) is -0.157. The van der Waals surface area contributed by atoms with Crippen molar-refractivity contribution in [3.05, 3.63) is 78.1 Å². The van der Waals surface area contributed by atoms with Gasteiger partial charge in [0.05, 0.1) is 11.4 Å².